The Morgan fingerprint density at radius 3 is 2.35 bits per heavy atom. The van der Waals surface area contributed by atoms with Gasteiger partial charge in [-0.25, -0.2) is 8.78 Å². The minimum absolute atomic E-state index is 0.0794. The minimum atomic E-state index is -3.11. The van der Waals surface area contributed by atoms with Gasteiger partial charge >= 0.3 is 0 Å². The Balaban J connectivity index is 1.73. The lowest BCUT2D eigenvalue weighted by Gasteiger charge is -2.18. The van der Waals surface area contributed by atoms with E-state index in [4.69, 9.17) is 5.26 Å². The van der Waals surface area contributed by atoms with Crippen LogP contribution in [0.2, 0.25) is 0 Å². The van der Waals surface area contributed by atoms with E-state index in [0.717, 1.165) is 29.2 Å². The van der Waals surface area contributed by atoms with Crippen LogP contribution in [0.5, 0.6) is 0 Å². The number of nitrogens with one attached hydrogen (secondary N) is 1. The maximum Gasteiger partial charge on any atom is 0.272 e. The van der Waals surface area contributed by atoms with Gasteiger partial charge in [-0.1, -0.05) is 17.7 Å². The van der Waals surface area contributed by atoms with Gasteiger partial charge in [0.15, 0.2) is 5.78 Å². The highest BCUT2D eigenvalue weighted by Crippen LogP contribution is 2.38. The number of nitriles is 1. The summed E-state index contributed by atoms with van der Waals surface area (Å²) in [4.78, 5) is 25.8. The van der Waals surface area contributed by atoms with Crippen molar-refractivity contribution in [3.05, 3.63) is 63.7 Å². The third kappa shape index (κ3) is 4.66. The Kier molecular flexibility index (Phi) is 6.26. The number of rotatable bonds is 6. The number of alkyl halides is 2. The summed E-state index contributed by atoms with van der Waals surface area (Å²) in [5, 5.41) is 11.9. The van der Waals surface area contributed by atoms with Crippen molar-refractivity contribution >= 4 is 17.3 Å². The molecule has 162 valence electrons. The molecule has 0 spiro atoms. The van der Waals surface area contributed by atoms with Gasteiger partial charge in [0.1, 0.15) is 11.7 Å². The van der Waals surface area contributed by atoms with Crippen molar-refractivity contribution in [3.8, 4) is 6.07 Å². The van der Waals surface area contributed by atoms with E-state index >= 15 is 0 Å². The molecule has 0 saturated heterocycles. The maximum absolute atomic E-state index is 14.0. The molecule has 2 aromatic carbocycles. The molecular weight excluding hydrogens is 398 g/mol. The molecule has 2 unspecified atom stereocenters. The van der Waals surface area contributed by atoms with Gasteiger partial charge in [-0.3, -0.25) is 9.59 Å². The van der Waals surface area contributed by atoms with Gasteiger partial charge in [0.25, 0.3) is 5.92 Å². The van der Waals surface area contributed by atoms with Gasteiger partial charge < -0.3 is 5.32 Å². The van der Waals surface area contributed by atoms with Gasteiger partial charge in [-0.05, 0) is 62.1 Å². The number of carbonyl (C=O) groups excluding carboxylic acids is 2. The third-order valence-electron chi connectivity index (χ3n) is 5.91. The van der Waals surface area contributed by atoms with Crippen molar-refractivity contribution in [2.45, 2.75) is 52.4 Å². The van der Waals surface area contributed by atoms with Crippen molar-refractivity contribution in [1.29, 1.82) is 5.26 Å². The van der Waals surface area contributed by atoms with E-state index in [0.29, 0.717) is 6.42 Å². The highest BCUT2D eigenvalue weighted by molar-refractivity contribution is 6.15. The number of benzene rings is 2. The molecule has 31 heavy (non-hydrogen) atoms. The number of anilines is 1. The molecular formula is C25H26F2N2O2. The summed E-state index contributed by atoms with van der Waals surface area (Å²) in [6, 6.07) is 9.93. The van der Waals surface area contributed by atoms with Gasteiger partial charge in [-0.15, -0.1) is 0 Å². The van der Waals surface area contributed by atoms with Crippen LogP contribution >= 0.6 is 0 Å². The summed E-state index contributed by atoms with van der Waals surface area (Å²) in [5.41, 5.74) is 3.89. The monoisotopic (exact) mass is 424 g/mol. The molecule has 1 aliphatic rings. The predicted molar refractivity (Wildman–Crippen MR) is 115 cm³/mol. The fourth-order valence-electron chi connectivity index (χ4n) is 4.56. The van der Waals surface area contributed by atoms with E-state index < -0.39 is 17.8 Å². The van der Waals surface area contributed by atoms with Gasteiger partial charge in [0.05, 0.1) is 11.6 Å². The number of hydrogen-bond acceptors (Lipinski definition) is 4. The van der Waals surface area contributed by atoms with Crippen molar-refractivity contribution in [2.24, 2.45) is 5.92 Å². The molecule has 4 nitrogen and oxygen atoms in total. The smallest absolute Gasteiger partial charge is 0.272 e. The number of Topliss-reactive ketones (excluding diaryl/α,β-unsaturated/α-hetero) is 2. The third-order valence-corrected chi connectivity index (χ3v) is 5.91. The predicted octanol–water partition coefficient (Wildman–Crippen LogP) is 5.34. The first-order valence-electron chi connectivity index (χ1n) is 10.3. The first-order valence-corrected chi connectivity index (χ1v) is 10.3. The second-order valence-electron chi connectivity index (χ2n) is 8.49. The SMILES string of the molecule is Cc1cc(C)c(C2C(=O)CC(CCNc3ccc(C#N)cc3C(C)(F)F)C2=O)c(C)c1. The standard InChI is InChI=1S/C25H26F2N2O2/c1-14-9-15(2)22(16(3)10-14)23-21(30)12-18(24(23)31)7-8-29-20-6-5-17(13-28)11-19(20)25(4,26)27/h5-6,9-11,18,23,29H,7-8,12H2,1-4H3. The Morgan fingerprint density at radius 1 is 1.13 bits per heavy atom. The maximum atomic E-state index is 14.0. The summed E-state index contributed by atoms with van der Waals surface area (Å²) >= 11 is 0. The fraction of sp³-hybridized carbons (Fsp3) is 0.400. The van der Waals surface area contributed by atoms with Gasteiger partial charge in [-0.2, -0.15) is 5.26 Å². The van der Waals surface area contributed by atoms with E-state index in [1.807, 2.05) is 39.0 Å². The topological polar surface area (TPSA) is 70.0 Å². The quantitative estimate of drug-likeness (QED) is 0.636. The summed E-state index contributed by atoms with van der Waals surface area (Å²) in [7, 11) is 0. The zero-order chi connectivity index (χ0) is 22.9. The number of carbonyl (C=O) groups is 2. The molecule has 0 amide bonds. The molecule has 1 N–H and O–H groups in total. The zero-order valence-corrected chi connectivity index (χ0v) is 18.2. The molecule has 1 fully saturated rings. The summed E-state index contributed by atoms with van der Waals surface area (Å²) in [6.07, 6.45) is 0.544. The highest BCUT2D eigenvalue weighted by Gasteiger charge is 2.42. The second kappa shape index (κ2) is 8.58. The summed E-state index contributed by atoms with van der Waals surface area (Å²) in [5.74, 6) is -4.46. The highest BCUT2D eigenvalue weighted by atomic mass is 19.3. The lowest BCUT2D eigenvalue weighted by molar-refractivity contribution is -0.124. The van der Waals surface area contributed by atoms with Crippen LogP contribution in [0.15, 0.2) is 30.3 Å². The normalized spacial score (nSPS) is 18.9. The van der Waals surface area contributed by atoms with Gasteiger partial charge in [0, 0.05) is 37.1 Å². The molecule has 1 aliphatic carbocycles. The molecule has 0 aliphatic heterocycles. The average molecular weight is 424 g/mol. The molecule has 0 bridgehead atoms. The van der Waals surface area contributed by atoms with E-state index in [1.165, 1.54) is 18.2 Å². The fourth-order valence-corrected chi connectivity index (χ4v) is 4.56. The molecule has 3 rings (SSSR count). The number of halogens is 2. The van der Waals surface area contributed by atoms with Crippen LogP contribution in [-0.4, -0.2) is 18.1 Å². The van der Waals surface area contributed by atoms with Crippen LogP contribution in [0, 0.1) is 38.0 Å². The van der Waals surface area contributed by atoms with Crippen molar-refractivity contribution in [1.82, 2.24) is 0 Å². The van der Waals surface area contributed by atoms with Gasteiger partial charge in [0.2, 0.25) is 0 Å². The average Bonchev–Trinajstić information content (AvgIpc) is 2.94. The molecule has 0 radical (unpaired) electrons. The Morgan fingerprint density at radius 2 is 1.77 bits per heavy atom. The van der Waals surface area contributed by atoms with Crippen LogP contribution in [0.25, 0.3) is 0 Å². The second-order valence-corrected chi connectivity index (χ2v) is 8.49. The molecule has 0 heterocycles. The first kappa shape index (κ1) is 22.6. The van der Waals surface area contributed by atoms with Crippen LogP contribution < -0.4 is 5.32 Å². The Labute approximate surface area is 181 Å². The number of ketones is 2. The van der Waals surface area contributed by atoms with E-state index in [1.54, 1.807) is 0 Å². The lowest BCUT2D eigenvalue weighted by atomic mass is 9.86. The van der Waals surface area contributed by atoms with E-state index in [2.05, 4.69) is 5.32 Å². The lowest BCUT2D eigenvalue weighted by Crippen LogP contribution is -2.20. The van der Waals surface area contributed by atoms with Crippen LogP contribution in [-0.2, 0) is 15.5 Å². The van der Waals surface area contributed by atoms with Crippen molar-refractivity contribution in [2.75, 3.05) is 11.9 Å². The first-order chi connectivity index (χ1) is 14.5. The number of hydrogen-bond donors (Lipinski definition) is 1. The molecule has 0 aromatic heterocycles. The Hall–Kier alpha value is -3.07. The molecule has 2 atom stereocenters. The van der Waals surface area contributed by atoms with Crippen molar-refractivity contribution in [3.63, 3.8) is 0 Å². The minimum Gasteiger partial charge on any atom is -0.385 e. The van der Waals surface area contributed by atoms with Crippen LogP contribution in [0.4, 0.5) is 14.5 Å². The zero-order valence-electron chi connectivity index (χ0n) is 18.2. The van der Waals surface area contributed by atoms with E-state index in [9.17, 15) is 18.4 Å². The van der Waals surface area contributed by atoms with Crippen LogP contribution in [0.1, 0.15) is 59.1 Å². The molecule has 2 aromatic rings. The number of aryl methyl sites for hydroxylation is 3. The Bertz CT molecular complexity index is 1060. The summed E-state index contributed by atoms with van der Waals surface area (Å²) < 4.78 is 27.9. The van der Waals surface area contributed by atoms with E-state index in [-0.39, 0.29) is 41.3 Å². The summed E-state index contributed by atoms with van der Waals surface area (Å²) in [6.45, 7) is 6.87. The molecule has 1 saturated carbocycles. The molecule has 6 heteroatoms. The number of nitrogens with zero attached hydrogens (tertiary/aromatic N) is 1. The van der Waals surface area contributed by atoms with Crippen molar-refractivity contribution < 1.29 is 18.4 Å². The largest absolute Gasteiger partial charge is 0.385 e. The van der Waals surface area contributed by atoms with Crippen LogP contribution in [0.3, 0.4) is 0 Å².